The maximum absolute atomic E-state index is 9.00. The van der Waals surface area contributed by atoms with Gasteiger partial charge in [0.25, 0.3) is 23.9 Å². The first-order chi connectivity index (χ1) is 13.2. The van der Waals surface area contributed by atoms with Crippen molar-refractivity contribution in [2.75, 3.05) is 6.54 Å². The van der Waals surface area contributed by atoms with Gasteiger partial charge in [0.2, 0.25) is 0 Å². The van der Waals surface area contributed by atoms with E-state index in [-0.39, 0.29) is 6.04 Å². The lowest BCUT2D eigenvalue weighted by molar-refractivity contribution is -0.135. The first kappa shape index (κ1) is 33.4. The van der Waals surface area contributed by atoms with E-state index in [4.69, 9.17) is 51.1 Å². The average molecular weight is 433 g/mol. The minimum atomic E-state index is -0.833. The summed E-state index contributed by atoms with van der Waals surface area (Å²) in [7, 11) is 0. The minimum absolute atomic E-state index is 0.106. The van der Waals surface area contributed by atoms with Gasteiger partial charge >= 0.3 is 0 Å². The van der Waals surface area contributed by atoms with E-state index in [9.17, 15) is 0 Å². The largest absolute Gasteiger partial charge is 0.481 e. The third-order valence-electron chi connectivity index (χ3n) is 1.75. The molecule has 164 valence electrons. The molecule has 0 fully saturated rings. The zero-order chi connectivity index (χ0) is 24.0. The number of carbonyl (C=O) groups is 4. The van der Waals surface area contributed by atoms with Crippen molar-refractivity contribution in [3.8, 4) is 0 Å². The Morgan fingerprint density at radius 2 is 1.17 bits per heavy atom. The second kappa shape index (κ2) is 22.9. The molecule has 0 aliphatic carbocycles. The van der Waals surface area contributed by atoms with Crippen molar-refractivity contribution in [2.24, 2.45) is 16.5 Å². The lowest BCUT2D eigenvalue weighted by Gasteiger charge is -2.07. The van der Waals surface area contributed by atoms with Crippen LogP contribution in [0.3, 0.4) is 0 Å². The molecule has 0 heterocycles. The molecule has 1 aromatic rings. The van der Waals surface area contributed by atoms with E-state index in [1.807, 2.05) is 24.3 Å². The number of rotatable bonds is 3. The molecule has 0 bridgehead atoms. The van der Waals surface area contributed by atoms with Gasteiger partial charge in [-0.05, 0) is 29.9 Å². The molecule has 1 unspecified atom stereocenters. The Labute approximate surface area is 173 Å². The van der Waals surface area contributed by atoms with Gasteiger partial charge in [-0.2, -0.15) is 4.99 Å². The molecule has 0 spiro atoms. The number of benzene rings is 1. The molecule has 0 aliphatic heterocycles. The van der Waals surface area contributed by atoms with Gasteiger partial charge in [0, 0.05) is 40.3 Å². The number of aliphatic imine (C=N–C) groups is 1. The van der Waals surface area contributed by atoms with Crippen LogP contribution in [-0.4, -0.2) is 56.0 Å². The third-order valence-corrected chi connectivity index (χ3v) is 1.84. The number of carboxylic acids is 4. The smallest absolute Gasteiger partial charge is 0.300 e. The van der Waals surface area contributed by atoms with Crippen LogP contribution in [0.4, 0.5) is 5.69 Å². The molecule has 11 nitrogen and oxygen atoms in total. The number of nitrogens with zero attached hydrogens (tertiary/aromatic N) is 1. The number of carboxylic acid groups (broad SMARTS) is 4. The summed E-state index contributed by atoms with van der Waals surface area (Å²) in [4.78, 5) is 39.8. The third kappa shape index (κ3) is 51.6. The van der Waals surface area contributed by atoms with Crippen molar-refractivity contribution in [1.82, 2.24) is 0 Å². The molecule has 0 saturated heterocycles. The predicted octanol–water partition coefficient (Wildman–Crippen LogP) is 1.74. The van der Waals surface area contributed by atoms with Gasteiger partial charge < -0.3 is 31.9 Å². The van der Waals surface area contributed by atoms with Crippen LogP contribution in [0.1, 0.15) is 39.3 Å². The van der Waals surface area contributed by atoms with Gasteiger partial charge in [-0.15, -0.1) is 0 Å². The molecule has 1 rings (SSSR count). The molecular formula is C17H27N3O8S. The Morgan fingerprint density at radius 3 is 1.38 bits per heavy atom. The van der Waals surface area contributed by atoms with Crippen LogP contribution in [0.25, 0.3) is 0 Å². The fourth-order valence-electron chi connectivity index (χ4n) is 0.985. The van der Waals surface area contributed by atoms with Crippen molar-refractivity contribution >= 4 is 46.9 Å². The lowest BCUT2D eigenvalue weighted by Crippen LogP contribution is -2.20. The molecule has 8 N–H and O–H groups in total. The summed E-state index contributed by atoms with van der Waals surface area (Å²) in [6.07, 6.45) is 0. The summed E-state index contributed by atoms with van der Waals surface area (Å²) in [6.45, 7) is 4.77. The molecule has 0 aliphatic rings. The van der Waals surface area contributed by atoms with Crippen molar-refractivity contribution in [2.45, 2.75) is 33.7 Å². The standard InChI is InChI=1S/C9H11N3S.4C2H4O2/c10-5-9(11)7-1-3-8(4-2-7)12-6-13;4*1-2(3)4/h1-4,9H,5,10-11H2;4*1H3,(H,3,4). The highest BCUT2D eigenvalue weighted by molar-refractivity contribution is 7.78. The number of isothiocyanates is 1. The van der Waals surface area contributed by atoms with Gasteiger partial charge in [0.05, 0.1) is 10.8 Å². The molecule has 0 saturated carbocycles. The topological polar surface area (TPSA) is 214 Å². The second-order valence-electron chi connectivity index (χ2n) is 4.71. The fraction of sp³-hybridized carbons (Fsp3) is 0.353. The van der Waals surface area contributed by atoms with Crippen LogP contribution in [-0.2, 0) is 19.2 Å². The van der Waals surface area contributed by atoms with Crippen molar-refractivity contribution < 1.29 is 39.6 Å². The summed E-state index contributed by atoms with van der Waals surface area (Å²) in [5.41, 5.74) is 12.9. The number of aliphatic carboxylic acids is 4. The highest BCUT2D eigenvalue weighted by Crippen LogP contribution is 2.15. The normalized spacial score (nSPS) is 8.76. The molecule has 12 heteroatoms. The maximum atomic E-state index is 9.00. The summed E-state index contributed by atoms with van der Waals surface area (Å²) >= 11 is 4.48. The first-order valence-electron chi connectivity index (χ1n) is 7.62. The van der Waals surface area contributed by atoms with E-state index in [1.165, 1.54) is 0 Å². The molecule has 0 amide bonds. The first-order valence-corrected chi connectivity index (χ1v) is 8.03. The van der Waals surface area contributed by atoms with E-state index < -0.39 is 23.9 Å². The molecule has 0 aromatic heterocycles. The van der Waals surface area contributed by atoms with Crippen molar-refractivity contribution in [3.05, 3.63) is 29.8 Å². The van der Waals surface area contributed by atoms with Crippen LogP contribution < -0.4 is 11.5 Å². The molecule has 1 atom stereocenters. The maximum Gasteiger partial charge on any atom is 0.300 e. The zero-order valence-corrected chi connectivity index (χ0v) is 17.3. The Morgan fingerprint density at radius 1 is 0.897 bits per heavy atom. The molecule has 0 radical (unpaired) electrons. The lowest BCUT2D eigenvalue weighted by atomic mass is 10.1. The monoisotopic (exact) mass is 433 g/mol. The Bertz CT molecular complexity index is 595. The van der Waals surface area contributed by atoms with Crippen molar-refractivity contribution in [1.29, 1.82) is 0 Å². The van der Waals surface area contributed by atoms with E-state index in [0.29, 0.717) is 6.54 Å². The summed E-state index contributed by atoms with van der Waals surface area (Å²) in [6, 6.07) is 7.35. The van der Waals surface area contributed by atoms with Crippen LogP contribution >= 0.6 is 12.2 Å². The minimum Gasteiger partial charge on any atom is -0.481 e. The molecule has 1 aromatic carbocycles. The van der Waals surface area contributed by atoms with Gasteiger partial charge in [-0.25, -0.2) is 0 Å². The molecular weight excluding hydrogens is 406 g/mol. The summed E-state index contributed by atoms with van der Waals surface area (Å²) in [5.74, 6) is -3.33. The van der Waals surface area contributed by atoms with E-state index in [1.54, 1.807) is 0 Å². The highest BCUT2D eigenvalue weighted by Gasteiger charge is 2.01. The average Bonchev–Trinajstić information content (AvgIpc) is 2.53. The quantitative estimate of drug-likeness (QED) is 0.298. The Balaban J connectivity index is -0.000000162. The van der Waals surface area contributed by atoms with Crippen molar-refractivity contribution in [3.63, 3.8) is 0 Å². The summed E-state index contributed by atoms with van der Waals surface area (Å²) in [5, 5.41) is 32.0. The summed E-state index contributed by atoms with van der Waals surface area (Å²) < 4.78 is 0. The van der Waals surface area contributed by atoms with E-state index in [0.717, 1.165) is 38.9 Å². The number of hydrogen-bond acceptors (Lipinski definition) is 8. The molecule has 29 heavy (non-hydrogen) atoms. The van der Waals surface area contributed by atoms with Gasteiger partial charge in [0.1, 0.15) is 0 Å². The van der Waals surface area contributed by atoms with E-state index >= 15 is 0 Å². The number of hydrogen-bond donors (Lipinski definition) is 6. The van der Waals surface area contributed by atoms with Crippen LogP contribution in [0, 0.1) is 0 Å². The van der Waals surface area contributed by atoms with Crippen LogP contribution in [0.2, 0.25) is 0 Å². The van der Waals surface area contributed by atoms with Crippen LogP contribution in [0.5, 0.6) is 0 Å². The zero-order valence-electron chi connectivity index (χ0n) is 16.5. The predicted molar refractivity (Wildman–Crippen MR) is 110 cm³/mol. The van der Waals surface area contributed by atoms with Gasteiger partial charge in [-0.1, -0.05) is 12.1 Å². The second-order valence-corrected chi connectivity index (χ2v) is 4.90. The number of nitrogens with two attached hydrogens (primary N) is 2. The number of thiocarbonyl (C=S) groups is 1. The van der Waals surface area contributed by atoms with E-state index in [2.05, 4.69) is 22.4 Å². The Kier molecular flexibility index (Phi) is 26.3. The highest BCUT2D eigenvalue weighted by atomic mass is 32.1. The van der Waals surface area contributed by atoms with Gasteiger partial charge in [-0.3, -0.25) is 19.2 Å². The fourth-order valence-corrected chi connectivity index (χ4v) is 1.09. The Hall–Kier alpha value is -3.18. The van der Waals surface area contributed by atoms with Crippen LogP contribution in [0.15, 0.2) is 29.3 Å². The van der Waals surface area contributed by atoms with Gasteiger partial charge in [0.15, 0.2) is 0 Å². The SMILES string of the molecule is CC(=O)O.CC(=O)O.CC(=O)O.CC(=O)O.NCC(N)c1ccc(N=C=S)cc1.